The molecule has 1 rings (SSSR count). The van der Waals surface area contributed by atoms with Crippen molar-refractivity contribution in [2.45, 2.75) is 70.5 Å². The third kappa shape index (κ3) is 3.04. The van der Waals surface area contributed by atoms with Gasteiger partial charge in [0.1, 0.15) is 0 Å². The average molecular weight is 255 g/mol. The molecule has 0 aromatic carbocycles. The van der Waals surface area contributed by atoms with Crippen LogP contribution in [-0.4, -0.2) is 42.0 Å². The number of nitrogens with one attached hydrogen (secondary N) is 1. The van der Waals surface area contributed by atoms with Gasteiger partial charge in [-0.3, -0.25) is 9.69 Å². The largest absolute Gasteiger partial charge is 0.368 e. The van der Waals surface area contributed by atoms with Gasteiger partial charge >= 0.3 is 0 Å². The summed E-state index contributed by atoms with van der Waals surface area (Å²) < 4.78 is 0. The second-order valence-electron chi connectivity index (χ2n) is 5.53. The summed E-state index contributed by atoms with van der Waals surface area (Å²) >= 11 is 0. The number of carbonyl (C=O) groups excluding carboxylic acids is 1. The van der Waals surface area contributed by atoms with Crippen LogP contribution in [0.1, 0.15) is 52.9 Å². The molecule has 0 spiro atoms. The van der Waals surface area contributed by atoms with Crippen LogP contribution in [0.25, 0.3) is 0 Å². The normalized spacial score (nSPS) is 30.4. The monoisotopic (exact) mass is 255 g/mol. The summed E-state index contributed by atoms with van der Waals surface area (Å²) in [6, 6.07) is 1.04. The van der Waals surface area contributed by atoms with Crippen molar-refractivity contribution in [1.29, 1.82) is 0 Å². The zero-order chi connectivity index (χ0) is 13.8. The Morgan fingerprint density at radius 2 is 2.22 bits per heavy atom. The molecule has 1 aliphatic rings. The quantitative estimate of drug-likeness (QED) is 0.756. The number of likely N-dealkylation sites (N-methyl/N-ethyl adjacent to an activating group) is 1. The first-order valence-electron chi connectivity index (χ1n) is 7.25. The van der Waals surface area contributed by atoms with E-state index < -0.39 is 5.54 Å². The predicted molar refractivity (Wildman–Crippen MR) is 75.4 cm³/mol. The minimum absolute atomic E-state index is 0.199. The third-order valence-electron chi connectivity index (χ3n) is 4.67. The van der Waals surface area contributed by atoms with E-state index in [1.165, 1.54) is 6.42 Å². The van der Waals surface area contributed by atoms with Gasteiger partial charge in [-0.1, -0.05) is 13.8 Å². The molecule has 1 aliphatic carbocycles. The zero-order valence-electron chi connectivity index (χ0n) is 12.3. The first kappa shape index (κ1) is 15.4. The molecule has 0 saturated heterocycles. The Kier molecular flexibility index (Phi) is 5.60. The number of nitrogens with two attached hydrogens (primary N) is 1. The molecule has 0 heterocycles. The minimum Gasteiger partial charge on any atom is -0.368 e. The van der Waals surface area contributed by atoms with Crippen LogP contribution >= 0.6 is 0 Å². The standard InChI is InChI=1S/C14H29N3O/c1-5-11(3)17(6-2)12-8-7-9-14(10-12,16-4)13(15)18/h11-12,16H,5-10H2,1-4H3,(H2,15,18). The van der Waals surface area contributed by atoms with Gasteiger partial charge in [-0.25, -0.2) is 0 Å². The first-order chi connectivity index (χ1) is 8.50. The molecule has 4 nitrogen and oxygen atoms in total. The molecule has 0 aromatic rings. The van der Waals surface area contributed by atoms with Crippen LogP contribution in [0.5, 0.6) is 0 Å². The lowest BCUT2D eigenvalue weighted by molar-refractivity contribution is -0.126. The second-order valence-corrected chi connectivity index (χ2v) is 5.53. The molecule has 3 N–H and O–H groups in total. The van der Waals surface area contributed by atoms with Gasteiger partial charge in [0.2, 0.25) is 5.91 Å². The molecule has 0 bridgehead atoms. The van der Waals surface area contributed by atoms with E-state index in [1.54, 1.807) is 0 Å². The number of primary amides is 1. The SMILES string of the molecule is CCC(C)N(CC)C1CCCC(NC)(C(N)=O)C1. The van der Waals surface area contributed by atoms with E-state index in [9.17, 15) is 4.79 Å². The number of carbonyl (C=O) groups is 1. The number of nitrogens with zero attached hydrogens (tertiary/aromatic N) is 1. The van der Waals surface area contributed by atoms with E-state index >= 15 is 0 Å². The maximum atomic E-state index is 11.7. The molecule has 1 fully saturated rings. The van der Waals surface area contributed by atoms with Gasteiger partial charge in [0.15, 0.2) is 0 Å². The van der Waals surface area contributed by atoms with Gasteiger partial charge in [-0.2, -0.15) is 0 Å². The van der Waals surface area contributed by atoms with Crippen LogP contribution in [0, 0.1) is 0 Å². The third-order valence-corrected chi connectivity index (χ3v) is 4.67. The molecule has 0 aliphatic heterocycles. The Morgan fingerprint density at radius 1 is 1.56 bits per heavy atom. The van der Waals surface area contributed by atoms with Crippen molar-refractivity contribution in [3.05, 3.63) is 0 Å². The van der Waals surface area contributed by atoms with Crippen LogP contribution in [0.15, 0.2) is 0 Å². The van der Waals surface area contributed by atoms with E-state index in [0.717, 1.165) is 32.2 Å². The lowest BCUT2D eigenvalue weighted by Gasteiger charge is -2.44. The van der Waals surface area contributed by atoms with E-state index in [1.807, 2.05) is 7.05 Å². The molecule has 0 radical (unpaired) electrons. The highest BCUT2D eigenvalue weighted by atomic mass is 16.1. The Hall–Kier alpha value is -0.610. The smallest absolute Gasteiger partial charge is 0.237 e. The van der Waals surface area contributed by atoms with Crippen molar-refractivity contribution >= 4 is 5.91 Å². The van der Waals surface area contributed by atoms with Crippen LogP contribution in [0.2, 0.25) is 0 Å². The van der Waals surface area contributed by atoms with E-state index in [4.69, 9.17) is 5.73 Å². The highest BCUT2D eigenvalue weighted by molar-refractivity contribution is 5.84. The maximum absolute atomic E-state index is 11.7. The molecule has 0 aromatic heterocycles. The second kappa shape index (κ2) is 6.53. The summed E-state index contributed by atoms with van der Waals surface area (Å²) in [7, 11) is 1.85. The van der Waals surface area contributed by atoms with Crippen molar-refractivity contribution in [2.75, 3.05) is 13.6 Å². The van der Waals surface area contributed by atoms with Crippen LogP contribution < -0.4 is 11.1 Å². The highest BCUT2D eigenvalue weighted by Crippen LogP contribution is 2.32. The fourth-order valence-corrected chi connectivity index (χ4v) is 3.27. The van der Waals surface area contributed by atoms with Crippen molar-refractivity contribution < 1.29 is 4.79 Å². The van der Waals surface area contributed by atoms with Crippen molar-refractivity contribution in [2.24, 2.45) is 5.73 Å². The highest BCUT2D eigenvalue weighted by Gasteiger charge is 2.41. The number of amides is 1. The molecule has 3 atom stereocenters. The van der Waals surface area contributed by atoms with Gasteiger partial charge in [0.25, 0.3) is 0 Å². The van der Waals surface area contributed by atoms with E-state index in [-0.39, 0.29) is 5.91 Å². The molecule has 3 unspecified atom stereocenters. The zero-order valence-corrected chi connectivity index (χ0v) is 12.3. The summed E-state index contributed by atoms with van der Waals surface area (Å²) in [5, 5.41) is 3.18. The van der Waals surface area contributed by atoms with Gasteiger partial charge in [-0.15, -0.1) is 0 Å². The van der Waals surface area contributed by atoms with Crippen LogP contribution in [-0.2, 0) is 4.79 Å². The van der Waals surface area contributed by atoms with E-state index in [2.05, 4.69) is 31.0 Å². The molecular weight excluding hydrogens is 226 g/mol. The molecule has 18 heavy (non-hydrogen) atoms. The fourth-order valence-electron chi connectivity index (χ4n) is 3.27. The predicted octanol–water partition coefficient (Wildman–Crippen LogP) is 1.49. The summed E-state index contributed by atoms with van der Waals surface area (Å²) in [5.74, 6) is -0.199. The molecule has 1 saturated carbocycles. The molecule has 1 amide bonds. The van der Waals surface area contributed by atoms with Crippen LogP contribution in [0.4, 0.5) is 0 Å². The lowest BCUT2D eigenvalue weighted by Crippen LogP contribution is -2.60. The Balaban J connectivity index is 2.81. The molecule has 4 heteroatoms. The summed E-state index contributed by atoms with van der Waals surface area (Å²) in [6.07, 6.45) is 5.11. The van der Waals surface area contributed by atoms with E-state index in [0.29, 0.717) is 12.1 Å². The number of rotatable bonds is 6. The Bertz CT molecular complexity index is 282. The van der Waals surface area contributed by atoms with Crippen LogP contribution in [0.3, 0.4) is 0 Å². The summed E-state index contributed by atoms with van der Waals surface area (Å²) in [5.41, 5.74) is 5.11. The van der Waals surface area contributed by atoms with Crippen molar-refractivity contribution in [3.63, 3.8) is 0 Å². The maximum Gasteiger partial charge on any atom is 0.237 e. The molecular formula is C14H29N3O. The first-order valence-corrected chi connectivity index (χ1v) is 7.25. The Labute approximate surface area is 111 Å². The fraction of sp³-hybridized carbons (Fsp3) is 0.929. The van der Waals surface area contributed by atoms with Gasteiger partial charge < -0.3 is 11.1 Å². The van der Waals surface area contributed by atoms with Crippen molar-refractivity contribution in [3.8, 4) is 0 Å². The summed E-state index contributed by atoms with van der Waals surface area (Å²) in [6.45, 7) is 7.73. The van der Waals surface area contributed by atoms with Gasteiger partial charge in [-0.05, 0) is 52.6 Å². The lowest BCUT2D eigenvalue weighted by atomic mass is 9.77. The summed E-state index contributed by atoms with van der Waals surface area (Å²) in [4.78, 5) is 14.3. The average Bonchev–Trinajstić information content (AvgIpc) is 2.39. The van der Waals surface area contributed by atoms with Gasteiger partial charge in [0.05, 0.1) is 5.54 Å². The number of hydrogen-bond donors (Lipinski definition) is 2. The van der Waals surface area contributed by atoms with Crippen molar-refractivity contribution in [1.82, 2.24) is 10.2 Å². The number of hydrogen-bond acceptors (Lipinski definition) is 3. The van der Waals surface area contributed by atoms with Gasteiger partial charge in [0, 0.05) is 12.1 Å². The minimum atomic E-state index is -0.496. The Morgan fingerprint density at radius 3 is 2.67 bits per heavy atom. The molecule has 106 valence electrons. The topological polar surface area (TPSA) is 58.4 Å².